The predicted molar refractivity (Wildman–Crippen MR) is 144 cm³/mol. The second-order valence-electron chi connectivity index (χ2n) is 9.23. The fourth-order valence-corrected chi connectivity index (χ4v) is 4.92. The van der Waals surface area contributed by atoms with E-state index in [0.29, 0.717) is 5.95 Å². The van der Waals surface area contributed by atoms with E-state index in [0.717, 1.165) is 77.7 Å². The number of ether oxygens (including phenoxy) is 1. The van der Waals surface area contributed by atoms with Gasteiger partial charge in [-0.2, -0.15) is 0 Å². The summed E-state index contributed by atoms with van der Waals surface area (Å²) < 4.78 is 31.3. The van der Waals surface area contributed by atoms with Crippen LogP contribution in [0.4, 0.5) is 11.6 Å². The summed E-state index contributed by atoms with van der Waals surface area (Å²) in [5, 5.41) is 8.04. The van der Waals surface area contributed by atoms with E-state index in [1.54, 1.807) is 13.2 Å². The first kappa shape index (κ1) is 24.6. The Morgan fingerprint density at radius 2 is 2.00 bits per heavy atom. The standard InChI is InChI=1S/C26H28N8O3S/c1-32(38(35)36)16-18-4-2-3-5-21(18)24-9-7-20-15-27-26(31-34(20)24)28-19-6-8-22-23(14-19)30-25(29-22)17-33-10-12-37-13-11-33/h2-9,14-15H,10-13,16-17H2,1H3,(H,28,31)(H,29,30)(H,35,36)/p-1. The van der Waals surface area contributed by atoms with Gasteiger partial charge in [-0.1, -0.05) is 24.3 Å². The van der Waals surface area contributed by atoms with Gasteiger partial charge in [0.05, 0.1) is 48.2 Å². The van der Waals surface area contributed by atoms with Crippen molar-refractivity contribution in [3.05, 3.63) is 72.2 Å². The smallest absolute Gasteiger partial charge is 0.245 e. The molecule has 6 rings (SSSR count). The highest BCUT2D eigenvalue weighted by atomic mass is 32.2. The molecule has 1 aliphatic heterocycles. The second-order valence-corrected chi connectivity index (χ2v) is 10.3. The Labute approximate surface area is 221 Å². The summed E-state index contributed by atoms with van der Waals surface area (Å²) in [5.41, 5.74) is 6.15. The van der Waals surface area contributed by atoms with Crippen LogP contribution in [0.25, 0.3) is 27.8 Å². The molecule has 5 aromatic rings. The van der Waals surface area contributed by atoms with Crippen LogP contribution in [0.2, 0.25) is 0 Å². The molecule has 0 aliphatic carbocycles. The molecule has 0 saturated carbocycles. The van der Waals surface area contributed by atoms with Crippen molar-refractivity contribution >= 4 is 39.5 Å². The lowest BCUT2D eigenvalue weighted by atomic mass is 10.0. The van der Waals surface area contributed by atoms with Crippen molar-refractivity contribution in [3.63, 3.8) is 0 Å². The third kappa shape index (κ3) is 5.17. The molecule has 1 saturated heterocycles. The fourth-order valence-electron chi connectivity index (χ4n) is 4.68. The zero-order chi connectivity index (χ0) is 26.1. The highest BCUT2D eigenvalue weighted by Gasteiger charge is 2.15. The Balaban J connectivity index is 1.26. The van der Waals surface area contributed by atoms with E-state index in [-0.39, 0.29) is 6.54 Å². The van der Waals surface area contributed by atoms with Gasteiger partial charge in [0.25, 0.3) is 0 Å². The molecule has 4 heterocycles. The molecule has 0 bridgehead atoms. The van der Waals surface area contributed by atoms with Crippen LogP contribution in [0, 0.1) is 0 Å². The van der Waals surface area contributed by atoms with Crippen LogP contribution in [-0.2, 0) is 29.1 Å². The van der Waals surface area contributed by atoms with Gasteiger partial charge in [-0.05, 0) is 42.9 Å². The molecule has 0 radical (unpaired) electrons. The van der Waals surface area contributed by atoms with E-state index in [4.69, 9.17) is 14.8 Å². The molecule has 38 heavy (non-hydrogen) atoms. The Morgan fingerprint density at radius 3 is 2.84 bits per heavy atom. The van der Waals surface area contributed by atoms with Crippen LogP contribution in [-0.4, -0.2) is 75.9 Å². The molecular weight excluding hydrogens is 504 g/mol. The number of nitrogens with zero attached hydrogens (tertiary/aromatic N) is 6. The number of nitrogens with one attached hydrogen (secondary N) is 2. The molecule has 1 atom stereocenters. The SMILES string of the molecule is CN(Cc1ccccc1-c1ccc2cnc(Nc3ccc4nc(CN5CCOCC5)[nH]c4c3)nn12)S(=O)[O-]. The highest BCUT2D eigenvalue weighted by molar-refractivity contribution is 7.76. The molecule has 0 amide bonds. The first-order chi connectivity index (χ1) is 18.5. The normalized spacial score (nSPS) is 15.4. The predicted octanol–water partition coefficient (Wildman–Crippen LogP) is 3.07. The van der Waals surface area contributed by atoms with Crippen LogP contribution in [0.5, 0.6) is 0 Å². The molecule has 2 N–H and O–H groups in total. The number of fused-ring (bicyclic) bond motifs is 2. The monoisotopic (exact) mass is 531 g/mol. The maximum atomic E-state index is 11.4. The van der Waals surface area contributed by atoms with E-state index in [1.165, 1.54) is 4.31 Å². The average molecular weight is 532 g/mol. The number of anilines is 2. The number of hydrogen-bond donors (Lipinski definition) is 2. The van der Waals surface area contributed by atoms with E-state index in [2.05, 4.69) is 20.2 Å². The van der Waals surface area contributed by atoms with Gasteiger partial charge in [0.1, 0.15) is 5.82 Å². The molecule has 11 nitrogen and oxygen atoms in total. The van der Waals surface area contributed by atoms with Crippen LogP contribution in [0.1, 0.15) is 11.4 Å². The number of aromatic amines is 1. The zero-order valence-electron chi connectivity index (χ0n) is 20.8. The van der Waals surface area contributed by atoms with E-state index < -0.39 is 11.3 Å². The number of aromatic nitrogens is 5. The molecule has 196 valence electrons. The molecule has 0 spiro atoms. The molecule has 3 aromatic heterocycles. The van der Waals surface area contributed by atoms with Crippen molar-refractivity contribution in [1.82, 2.24) is 33.8 Å². The van der Waals surface area contributed by atoms with E-state index in [9.17, 15) is 8.76 Å². The largest absolute Gasteiger partial charge is 0.760 e. The Kier molecular flexibility index (Phi) is 6.87. The second kappa shape index (κ2) is 10.6. The van der Waals surface area contributed by atoms with Crippen LogP contribution < -0.4 is 5.32 Å². The molecular formula is C26H27N8O3S-. The van der Waals surface area contributed by atoms with E-state index in [1.807, 2.05) is 59.1 Å². The number of rotatable bonds is 8. The average Bonchev–Trinajstić information content (AvgIpc) is 3.52. The maximum Gasteiger partial charge on any atom is 0.245 e. The molecule has 1 aliphatic rings. The number of morpholine rings is 1. The van der Waals surface area contributed by atoms with Gasteiger partial charge >= 0.3 is 0 Å². The van der Waals surface area contributed by atoms with Gasteiger partial charge in [-0.3, -0.25) is 9.11 Å². The highest BCUT2D eigenvalue weighted by Crippen LogP contribution is 2.27. The number of imidazole rings is 1. The first-order valence-electron chi connectivity index (χ1n) is 12.3. The topological polar surface area (TPSA) is 127 Å². The third-order valence-electron chi connectivity index (χ3n) is 6.60. The lowest BCUT2D eigenvalue weighted by molar-refractivity contribution is 0.0332. The molecule has 1 unspecified atom stereocenters. The third-order valence-corrected chi connectivity index (χ3v) is 7.24. The van der Waals surface area contributed by atoms with Gasteiger partial charge in [-0.25, -0.2) is 18.8 Å². The minimum absolute atomic E-state index is 0.257. The van der Waals surface area contributed by atoms with Gasteiger partial charge in [0.2, 0.25) is 5.95 Å². The van der Waals surface area contributed by atoms with Crippen molar-refractivity contribution in [3.8, 4) is 11.3 Å². The first-order valence-corrected chi connectivity index (χ1v) is 13.4. The number of H-pyrrole nitrogens is 1. The Bertz CT molecular complexity index is 1610. The lowest BCUT2D eigenvalue weighted by Crippen LogP contribution is -2.35. The molecule has 2 aromatic carbocycles. The lowest BCUT2D eigenvalue weighted by Gasteiger charge is -2.25. The van der Waals surface area contributed by atoms with Gasteiger partial charge in [-0.15, -0.1) is 5.10 Å². The molecule has 1 fully saturated rings. The summed E-state index contributed by atoms with van der Waals surface area (Å²) in [6.07, 6.45) is 1.76. The quantitative estimate of drug-likeness (QED) is 0.293. The van der Waals surface area contributed by atoms with Crippen molar-refractivity contribution in [2.24, 2.45) is 0 Å². The minimum atomic E-state index is -2.30. The van der Waals surface area contributed by atoms with Crippen LogP contribution in [0.3, 0.4) is 0 Å². The molecule has 12 heteroatoms. The van der Waals surface area contributed by atoms with Gasteiger partial charge in [0, 0.05) is 42.2 Å². The van der Waals surface area contributed by atoms with Gasteiger partial charge < -0.3 is 19.6 Å². The number of hydrogen-bond acceptors (Lipinski definition) is 8. The summed E-state index contributed by atoms with van der Waals surface area (Å²) in [6, 6.07) is 17.6. The minimum Gasteiger partial charge on any atom is -0.760 e. The van der Waals surface area contributed by atoms with E-state index >= 15 is 0 Å². The van der Waals surface area contributed by atoms with Gasteiger partial charge in [0.15, 0.2) is 0 Å². The van der Waals surface area contributed by atoms with Crippen molar-refractivity contribution in [2.45, 2.75) is 13.1 Å². The number of benzene rings is 2. The Morgan fingerprint density at radius 1 is 1.16 bits per heavy atom. The van der Waals surface area contributed by atoms with Crippen molar-refractivity contribution in [1.29, 1.82) is 0 Å². The fraction of sp³-hybridized carbons (Fsp3) is 0.269. The zero-order valence-corrected chi connectivity index (χ0v) is 21.6. The van der Waals surface area contributed by atoms with Crippen LogP contribution >= 0.6 is 0 Å². The summed E-state index contributed by atoms with van der Waals surface area (Å²) in [6.45, 7) is 4.35. The maximum absolute atomic E-state index is 11.4. The van der Waals surface area contributed by atoms with Crippen LogP contribution in [0.15, 0.2) is 60.8 Å². The summed E-state index contributed by atoms with van der Waals surface area (Å²) in [4.78, 5) is 15.0. The summed E-state index contributed by atoms with van der Waals surface area (Å²) in [7, 11) is 1.54. The summed E-state index contributed by atoms with van der Waals surface area (Å²) >= 11 is -2.30. The van der Waals surface area contributed by atoms with Crippen molar-refractivity contribution < 1.29 is 13.5 Å². The Hall–Kier alpha value is -3.68. The summed E-state index contributed by atoms with van der Waals surface area (Å²) in [5.74, 6) is 1.37. The van der Waals surface area contributed by atoms with Crippen molar-refractivity contribution in [2.75, 3.05) is 38.7 Å².